The zero-order valence-corrected chi connectivity index (χ0v) is 13.6. The molecule has 1 aromatic rings. The van der Waals surface area contributed by atoms with Crippen LogP contribution in [0.5, 0.6) is 5.75 Å². The molecule has 1 heterocycles. The summed E-state index contributed by atoms with van der Waals surface area (Å²) in [5, 5.41) is 12.0. The standard InChI is InChI=1S/C17H22N4O2/c1-3-20-8-10-21(11-9-20)13-14(12-18)17(22)19-15-4-6-16(23-2)7-5-15/h4-7,13H,3,8-11H2,1-2H3,(H,19,22)/b14-13-. The summed E-state index contributed by atoms with van der Waals surface area (Å²) in [6.45, 7) is 6.72. The second-order valence-electron chi connectivity index (χ2n) is 5.31. The van der Waals surface area contributed by atoms with Gasteiger partial charge in [0.15, 0.2) is 0 Å². The van der Waals surface area contributed by atoms with E-state index >= 15 is 0 Å². The van der Waals surface area contributed by atoms with Crippen LogP contribution in [0.25, 0.3) is 0 Å². The van der Waals surface area contributed by atoms with E-state index < -0.39 is 5.91 Å². The first-order valence-electron chi connectivity index (χ1n) is 7.70. The van der Waals surface area contributed by atoms with Gasteiger partial charge in [0.1, 0.15) is 17.4 Å². The molecule has 0 saturated carbocycles. The summed E-state index contributed by atoms with van der Waals surface area (Å²) >= 11 is 0. The lowest BCUT2D eigenvalue weighted by Crippen LogP contribution is -2.44. The lowest BCUT2D eigenvalue weighted by Gasteiger charge is -2.33. The summed E-state index contributed by atoms with van der Waals surface area (Å²) in [6.07, 6.45) is 1.66. The van der Waals surface area contributed by atoms with Crippen molar-refractivity contribution < 1.29 is 9.53 Å². The second-order valence-corrected chi connectivity index (χ2v) is 5.31. The number of likely N-dealkylation sites (N-methyl/N-ethyl adjacent to an activating group) is 1. The molecule has 1 aliphatic heterocycles. The van der Waals surface area contributed by atoms with Gasteiger partial charge in [0.2, 0.25) is 0 Å². The number of amides is 1. The van der Waals surface area contributed by atoms with Crippen molar-refractivity contribution in [1.82, 2.24) is 9.80 Å². The molecule has 122 valence electrons. The van der Waals surface area contributed by atoms with Crippen LogP contribution in [0.4, 0.5) is 5.69 Å². The van der Waals surface area contributed by atoms with Crippen LogP contribution in [-0.2, 0) is 4.79 Å². The number of nitriles is 1. The van der Waals surface area contributed by atoms with Gasteiger partial charge in [-0.25, -0.2) is 0 Å². The Labute approximate surface area is 136 Å². The maximum atomic E-state index is 12.2. The van der Waals surface area contributed by atoms with E-state index in [1.54, 1.807) is 37.6 Å². The minimum atomic E-state index is -0.393. The lowest BCUT2D eigenvalue weighted by atomic mass is 10.2. The van der Waals surface area contributed by atoms with Crippen molar-refractivity contribution in [3.05, 3.63) is 36.0 Å². The minimum Gasteiger partial charge on any atom is -0.497 e. The first-order chi connectivity index (χ1) is 11.2. The molecule has 0 atom stereocenters. The van der Waals surface area contributed by atoms with Gasteiger partial charge in [0.25, 0.3) is 5.91 Å². The maximum Gasteiger partial charge on any atom is 0.267 e. The molecule has 1 N–H and O–H groups in total. The van der Waals surface area contributed by atoms with Gasteiger partial charge < -0.3 is 19.9 Å². The van der Waals surface area contributed by atoms with Gasteiger partial charge >= 0.3 is 0 Å². The van der Waals surface area contributed by atoms with Crippen molar-refractivity contribution in [3.8, 4) is 11.8 Å². The molecule has 1 aliphatic rings. The number of benzene rings is 1. The first kappa shape index (κ1) is 16.8. The summed E-state index contributed by atoms with van der Waals surface area (Å²) in [6, 6.07) is 8.99. The molecule has 1 aromatic carbocycles. The molecule has 1 saturated heterocycles. The summed E-state index contributed by atoms with van der Waals surface area (Å²) in [5.74, 6) is 0.323. The quantitative estimate of drug-likeness (QED) is 0.661. The molecular formula is C17H22N4O2. The number of hydrogen-bond donors (Lipinski definition) is 1. The molecule has 0 radical (unpaired) electrons. The monoisotopic (exact) mass is 314 g/mol. The van der Waals surface area contributed by atoms with Crippen LogP contribution in [0.1, 0.15) is 6.92 Å². The smallest absolute Gasteiger partial charge is 0.267 e. The molecule has 2 rings (SSSR count). The highest BCUT2D eigenvalue weighted by Gasteiger charge is 2.16. The van der Waals surface area contributed by atoms with Crippen LogP contribution in [0, 0.1) is 11.3 Å². The van der Waals surface area contributed by atoms with Crippen molar-refractivity contribution in [2.24, 2.45) is 0 Å². The highest BCUT2D eigenvalue weighted by molar-refractivity contribution is 6.06. The topological polar surface area (TPSA) is 68.6 Å². The summed E-state index contributed by atoms with van der Waals surface area (Å²) in [7, 11) is 1.59. The summed E-state index contributed by atoms with van der Waals surface area (Å²) in [5.41, 5.74) is 0.749. The number of hydrogen-bond acceptors (Lipinski definition) is 5. The van der Waals surface area contributed by atoms with E-state index in [1.807, 2.05) is 11.0 Å². The fraction of sp³-hybridized carbons (Fsp3) is 0.412. The third-order valence-electron chi connectivity index (χ3n) is 3.88. The number of piperazine rings is 1. The molecule has 6 heteroatoms. The zero-order chi connectivity index (χ0) is 16.7. The molecule has 6 nitrogen and oxygen atoms in total. The van der Waals surface area contributed by atoms with Crippen molar-refractivity contribution >= 4 is 11.6 Å². The van der Waals surface area contributed by atoms with Crippen molar-refractivity contribution in [3.63, 3.8) is 0 Å². The Morgan fingerprint density at radius 2 is 1.96 bits per heavy atom. The van der Waals surface area contributed by atoms with E-state index in [4.69, 9.17) is 4.74 Å². The number of nitrogens with one attached hydrogen (secondary N) is 1. The summed E-state index contributed by atoms with van der Waals surface area (Å²) in [4.78, 5) is 16.6. The predicted molar refractivity (Wildman–Crippen MR) is 89.0 cm³/mol. The Bertz CT molecular complexity index is 596. The molecule has 23 heavy (non-hydrogen) atoms. The predicted octanol–water partition coefficient (Wildman–Crippen LogP) is 1.68. The average molecular weight is 314 g/mol. The Balaban J connectivity index is 1.98. The fourth-order valence-electron chi connectivity index (χ4n) is 2.40. The number of rotatable bonds is 5. The molecule has 0 unspecified atom stereocenters. The van der Waals surface area contributed by atoms with E-state index in [0.29, 0.717) is 11.4 Å². The zero-order valence-electron chi connectivity index (χ0n) is 13.6. The van der Waals surface area contributed by atoms with Crippen molar-refractivity contribution in [2.45, 2.75) is 6.92 Å². The van der Waals surface area contributed by atoms with Crippen LogP contribution in [-0.4, -0.2) is 55.5 Å². The largest absolute Gasteiger partial charge is 0.497 e. The summed E-state index contributed by atoms with van der Waals surface area (Å²) < 4.78 is 5.07. The van der Waals surface area contributed by atoms with Crippen LogP contribution >= 0.6 is 0 Å². The van der Waals surface area contributed by atoms with E-state index in [1.165, 1.54) is 0 Å². The van der Waals surface area contributed by atoms with Gasteiger partial charge in [0, 0.05) is 38.1 Å². The minimum absolute atomic E-state index is 0.116. The molecule has 1 fully saturated rings. The number of ether oxygens (including phenoxy) is 1. The molecule has 0 aliphatic carbocycles. The highest BCUT2D eigenvalue weighted by atomic mass is 16.5. The van der Waals surface area contributed by atoms with E-state index in [9.17, 15) is 10.1 Å². The highest BCUT2D eigenvalue weighted by Crippen LogP contribution is 2.16. The van der Waals surface area contributed by atoms with Gasteiger partial charge in [-0.15, -0.1) is 0 Å². The second kappa shape index (κ2) is 8.20. The first-order valence-corrected chi connectivity index (χ1v) is 7.70. The number of anilines is 1. The third kappa shape index (κ3) is 4.73. The van der Waals surface area contributed by atoms with Crippen LogP contribution < -0.4 is 10.1 Å². The fourth-order valence-corrected chi connectivity index (χ4v) is 2.40. The SMILES string of the molecule is CCN1CCN(/C=C(/C#N)C(=O)Nc2ccc(OC)cc2)CC1. The van der Waals surface area contributed by atoms with Crippen LogP contribution in [0.2, 0.25) is 0 Å². The molecule has 1 amide bonds. The number of nitrogens with zero attached hydrogens (tertiary/aromatic N) is 3. The maximum absolute atomic E-state index is 12.2. The van der Waals surface area contributed by atoms with Gasteiger partial charge in [-0.05, 0) is 30.8 Å². The Morgan fingerprint density at radius 1 is 1.30 bits per heavy atom. The van der Waals surface area contributed by atoms with Gasteiger partial charge in [-0.2, -0.15) is 5.26 Å². The lowest BCUT2D eigenvalue weighted by molar-refractivity contribution is -0.112. The van der Waals surface area contributed by atoms with Crippen molar-refractivity contribution in [2.75, 3.05) is 45.2 Å². The Morgan fingerprint density at radius 3 is 2.48 bits per heavy atom. The van der Waals surface area contributed by atoms with Crippen LogP contribution in [0.3, 0.4) is 0 Å². The number of carbonyl (C=O) groups is 1. The van der Waals surface area contributed by atoms with Crippen molar-refractivity contribution in [1.29, 1.82) is 5.26 Å². The average Bonchev–Trinajstić information content (AvgIpc) is 2.60. The van der Waals surface area contributed by atoms with Gasteiger partial charge in [-0.1, -0.05) is 6.92 Å². The van der Waals surface area contributed by atoms with Gasteiger partial charge in [-0.3, -0.25) is 4.79 Å². The van der Waals surface area contributed by atoms with Gasteiger partial charge in [0.05, 0.1) is 7.11 Å². The normalized spacial score (nSPS) is 15.9. The van der Waals surface area contributed by atoms with E-state index in [2.05, 4.69) is 17.1 Å². The van der Waals surface area contributed by atoms with E-state index in [0.717, 1.165) is 32.7 Å². The Kier molecular flexibility index (Phi) is 6.01. The Hall–Kier alpha value is -2.52. The van der Waals surface area contributed by atoms with E-state index in [-0.39, 0.29) is 5.57 Å². The molecular weight excluding hydrogens is 292 g/mol. The number of methoxy groups -OCH3 is 1. The number of carbonyl (C=O) groups excluding carboxylic acids is 1. The molecule has 0 aromatic heterocycles. The molecule has 0 spiro atoms. The molecule has 0 bridgehead atoms. The van der Waals surface area contributed by atoms with Crippen LogP contribution in [0.15, 0.2) is 36.0 Å². The third-order valence-corrected chi connectivity index (χ3v) is 3.88.